The predicted octanol–water partition coefficient (Wildman–Crippen LogP) is 15.6. The van der Waals surface area contributed by atoms with Gasteiger partial charge >= 0.3 is 7.82 Å². The van der Waals surface area contributed by atoms with Crippen LogP contribution in [0.2, 0.25) is 0 Å². The Bertz CT molecular complexity index is 1060. The van der Waals surface area contributed by atoms with Crippen LogP contribution in [-0.4, -0.2) is 73.4 Å². The van der Waals surface area contributed by atoms with Gasteiger partial charge in [-0.2, -0.15) is 0 Å². The largest absolute Gasteiger partial charge is 0.472 e. The highest BCUT2D eigenvalue weighted by Crippen LogP contribution is 2.43. The molecule has 0 aromatic carbocycles. The third kappa shape index (κ3) is 47.0. The first kappa shape index (κ1) is 61.0. The van der Waals surface area contributed by atoms with Gasteiger partial charge in [0.1, 0.15) is 13.2 Å². The summed E-state index contributed by atoms with van der Waals surface area (Å²) in [7, 11) is 1.62. The summed E-state index contributed by atoms with van der Waals surface area (Å²) in [6.07, 6.45) is 55.0. The van der Waals surface area contributed by atoms with Crippen LogP contribution in [0.15, 0.2) is 24.3 Å². The number of phosphoric ester groups is 1. The molecule has 368 valence electrons. The van der Waals surface area contributed by atoms with Crippen molar-refractivity contribution in [1.29, 1.82) is 0 Å². The number of hydrogen-bond acceptors (Lipinski definition) is 5. The van der Waals surface area contributed by atoms with Crippen molar-refractivity contribution in [1.82, 2.24) is 5.32 Å². The second kappa shape index (κ2) is 45.1. The van der Waals surface area contributed by atoms with Gasteiger partial charge < -0.3 is 19.8 Å². The van der Waals surface area contributed by atoms with E-state index in [2.05, 4.69) is 43.5 Å². The molecule has 3 N–H and O–H groups in total. The van der Waals surface area contributed by atoms with Gasteiger partial charge in [-0.3, -0.25) is 13.8 Å². The molecule has 1 amide bonds. The van der Waals surface area contributed by atoms with Crippen LogP contribution in [0.4, 0.5) is 0 Å². The molecule has 0 aliphatic carbocycles. The lowest BCUT2D eigenvalue weighted by Crippen LogP contribution is -2.46. The summed E-state index contributed by atoms with van der Waals surface area (Å²) in [5.74, 6) is -0.149. The van der Waals surface area contributed by atoms with E-state index >= 15 is 0 Å². The first-order valence-corrected chi connectivity index (χ1v) is 28.2. The molecule has 0 aliphatic rings. The maximum absolute atomic E-state index is 13.0. The Morgan fingerprint density at radius 3 is 1.34 bits per heavy atom. The molecule has 0 spiro atoms. The maximum Gasteiger partial charge on any atom is 0.472 e. The summed E-state index contributed by atoms with van der Waals surface area (Å²) in [6, 6.07) is -0.763. The van der Waals surface area contributed by atoms with Gasteiger partial charge in [0.05, 0.1) is 39.9 Å². The van der Waals surface area contributed by atoms with E-state index in [4.69, 9.17) is 9.05 Å². The van der Waals surface area contributed by atoms with Crippen molar-refractivity contribution >= 4 is 13.7 Å². The average Bonchev–Trinajstić information content (AvgIpc) is 3.23. The number of aliphatic hydroxyl groups excluding tert-OH is 1. The van der Waals surface area contributed by atoms with Gasteiger partial charge in [-0.25, -0.2) is 4.57 Å². The van der Waals surface area contributed by atoms with Gasteiger partial charge in [0.25, 0.3) is 0 Å². The van der Waals surface area contributed by atoms with E-state index in [9.17, 15) is 19.4 Å². The molecule has 0 saturated heterocycles. The molecule has 0 bridgehead atoms. The number of aliphatic hydroxyl groups is 1. The number of rotatable bonds is 49. The second-order valence-corrected chi connectivity index (χ2v) is 21.1. The number of nitrogens with zero attached hydrogens (tertiary/aromatic N) is 1. The smallest absolute Gasteiger partial charge is 0.391 e. The second-order valence-electron chi connectivity index (χ2n) is 19.6. The van der Waals surface area contributed by atoms with Crippen molar-refractivity contribution in [2.24, 2.45) is 0 Å². The highest BCUT2D eigenvalue weighted by atomic mass is 31.2. The number of hydrogen-bond donors (Lipinski definition) is 3. The summed E-state index contributed by atoms with van der Waals surface area (Å²) in [5, 5.41) is 14.0. The Morgan fingerprint density at radius 2 is 0.919 bits per heavy atom. The number of phosphoric acid groups is 1. The van der Waals surface area contributed by atoms with E-state index in [1.54, 1.807) is 0 Å². The van der Waals surface area contributed by atoms with Crippen LogP contribution in [0.5, 0.6) is 0 Å². The summed E-state index contributed by atoms with van der Waals surface area (Å²) in [4.78, 5) is 23.3. The molecule has 0 radical (unpaired) electrons. The fourth-order valence-electron chi connectivity index (χ4n) is 7.96. The number of carbonyl (C=O) groups is 1. The van der Waals surface area contributed by atoms with Crippen molar-refractivity contribution in [3.63, 3.8) is 0 Å². The lowest BCUT2D eigenvalue weighted by molar-refractivity contribution is -0.870. The first-order chi connectivity index (χ1) is 30.0. The summed E-state index contributed by atoms with van der Waals surface area (Å²) in [6.45, 7) is 4.89. The Balaban J connectivity index is 4.23. The van der Waals surface area contributed by atoms with Gasteiger partial charge in [0, 0.05) is 6.42 Å². The van der Waals surface area contributed by atoms with E-state index in [0.29, 0.717) is 23.9 Å². The molecule has 0 saturated carbocycles. The lowest BCUT2D eigenvalue weighted by atomic mass is 10.0. The third-order valence-electron chi connectivity index (χ3n) is 12.2. The molecule has 3 atom stereocenters. The monoisotopic (exact) mass is 898 g/mol. The zero-order valence-corrected chi connectivity index (χ0v) is 42.8. The van der Waals surface area contributed by atoms with Crippen molar-refractivity contribution in [2.75, 3.05) is 40.9 Å². The fraction of sp³-hybridized carbons (Fsp3) is 0.906. The summed E-state index contributed by atoms with van der Waals surface area (Å²) < 4.78 is 23.7. The molecule has 9 heteroatoms. The molecule has 8 nitrogen and oxygen atoms in total. The molecule has 62 heavy (non-hydrogen) atoms. The SMILES string of the molecule is CCCCCC/C=C\C/C=C\CCCCCCCCCC(=O)NC(COP(=O)(O)OCC[N+](C)(C)C)C(O)CCCCCCCCCCCCCCCCCCCCCCCC. The lowest BCUT2D eigenvalue weighted by Gasteiger charge is -2.26. The number of unbranched alkanes of at least 4 members (excludes halogenated alkanes) is 32. The zero-order valence-electron chi connectivity index (χ0n) is 41.9. The number of likely N-dealkylation sites (N-methyl/N-ethyl adjacent to an activating group) is 1. The van der Waals surface area contributed by atoms with Crippen molar-refractivity contribution in [3.8, 4) is 0 Å². The van der Waals surface area contributed by atoms with E-state index in [1.165, 1.54) is 180 Å². The molecule has 0 aliphatic heterocycles. The summed E-state index contributed by atoms with van der Waals surface area (Å²) >= 11 is 0. The van der Waals surface area contributed by atoms with Crippen molar-refractivity contribution < 1.29 is 32.9 Å². The van der Waals surface area contributed by atoms with Crippen LogP contribution < -0.4 is 5.32 Å². The average molecular weight is 898 g/mol. The predicted molar refractivity (Wildman–Crippen MR) is 268 cm³/mol. The Kier molecular flexibility index (Phi) is 44.4. The molecule has 0 aromatic rings. The van der Waals surface area contributed by atoms with Gasteiger partial charge in [-0.1, -0.05) is 231 Å². The minimum atomic E-state index is -4.32. The van der Waals surface area contributed by atoms with E-state index in [-0.39, 0.29) is 19.1 Å². The first-order valence-electron chi connectivity index (χ1n) is 26.7. The highest BCUT2D eigenvalue weighted by Gasteiger charge is 2.28. The topological polar surface area (TPSA) is 105 Å². The normalized spacial score (nSPS) is 14.2. The van der Waals surface area contributed by atoms with Gasteiger partial charge in [0.15, 0.2) is 0 Å². The molecular formula is C53H106N2O6P+. The fourth-order valence-corrected chi connectivity index (χ4v) is 8.70. The van der Waals surface area contributed by atoms with Crippen LogP contribution >= 0.6 is 7.82 Å². The van der Waals surface area contributed by atoms with Crippen LogP contribution in [0.1, 0.15) is 258 Å². The van der Waals surface area contributed by atoms with E-state index in [1.807, 2.05) is 21.1 Å². The molecule has 0 fully saturated rings. The van der Waals surface area contributed by atoms with Crippen molar-refractivity contribution in [2.45, 2.75) is 270 Å². The van der Waals surface area contributed by atoms with E-state index in [0.717, 1.165) is 51.4 Å². The molecule has 0 heterocycles. The minimum Gasteiger partial charge on any atom is -0.391 e. The molecule has 0 aromatic heterocycles. The third-order valence-corrected chi connectivity index (χ3v) is 13.2. The number of allylic oxidation sites excluding steroid dienone is 4. The number of carbonyl (C=O) groups excluding carboxylic acids is 1. The quantitative estimate of drug-likeness (QED) is 0.0243. The maximum atomic E-state index is 13.0. The zero-order chi connectivity index (χ0) is 45.7. The molecular weight excluding hydrogens is 792 g/mol. The highest BCUT2D eigenvalue weighted by molar-refractivity contribution is 7.47. The summed E-state index contributed by atoms with van der Waals surface area (Å²) in [5.41, 5.74) is 0. The van der Waals surface area contributed by atoms with Crippen LogP contribution in [0, 0.1) is 0 Å². The standard InChI is InChI=1S/C53H105N2O6P/c1-6-8-10-12-14-16-18-20-22-24-26-27-28-29-30-32-34-36-38-40-42-44-46-52(56)51(50-61-62(58,59)60-49-48-55(3,4)5)54-53(57)47-45-43-41-39-37-35-33-31-25-23-21-19-17-15-13-11-9-7-2/h17,19,23,25,51-52,56H,6-16,18,20-22,24,26-50H2,1-5H3,(H-,54,57,58,59)/p+1/b19-17-,25-23-. The Hall–Kier alpha value is -1.02. The van der Waals surface area contributed by atoms with Crippen LogP contribution in [-0.2, 0) is 18.4 Å². The number of amides is 1. The molecule has 3 unspecified atom stereocenters. The Morgan fingerprint density at radius 1 is 0.548 bits per heavy atom. The van der Waals surface area contributed by atoms with Crippen molar-refractivity contribution in [3.05, 3.63) is 24.3 Å². The van der Waals surface area contributed by atoms with Gasteiger partial charge in [0.2, 0.25) is 5.91 Å². The van der Waals surface area contributed by atoms with Crippen LogP contribution in [0.25, 0.3) is 0 Å². The van der Waals surface area contributed by atoms with Gasteiger partial charge in [-0.05, 0) is 44.9 Å². The number of nitrogens with one attached hydrogen (secondary N) is 1. The molecule has 0 rings (SSSR count). The number of quaternary nitrogens is 1. The van der Waals surface area contributed by atoms with Gasteiger partial charge in [-0.15, -0.1) is 0 Å². The van der Waals surface area contributed by atoms with Crippen LogP contribution in [0.3, 0.4) is 0 Å². The Labute approximate surface area is 385 Å². The minimum absolute atomic E-state index is 0.0740. The van der Waals surface area contributed by atoms with E-state index < -0.39 is 20.0 Å².